The summed E-state index contributed by atoms with van der Waals surface area (Å²) in [6.07, 6.45) is -4.69. The summed E-state index contributed by atoms with van der Waals surface area (Å²) in [6.45, 7) is 4.57. The number of halogens is 3. The zero-order valence-electron chi connectivity index (χ0n) is 11.9. The topological polar surface area (TPSA) is 36.9 Å². The summed E-state index contributed by atoms with van der Waals surface area (Å²) >= 11 is 0. The first-order chi connectivity index (χ1) is 8.54. The molecule has 0 saturated carbocycles. The van der Waals surface area contributed by atoms with Gasteiger partial charge >= 0.3 is 6.18 Å². The molecule has 1 aliphatic rings. The molecule has 0 amide bonds. The Morgan fingerprint density at radius 2 is 1.63 bits per heavy atom. The molecule has 0 aromatic rings. The van der Waals surface area contributed by atoms with E-state index in [1.165, 1.54) is 14.2 Å². The van der Waals surface area contributed by atoms with Crippen molar-refractivity contribution in [3.05, 3.63) is 0 Å². The highest BCUT2D eigenvalue weighted by Gasteiger charge is 2.72. The van der Waals surface area contributed by atoms with E-state index >= 15 is 0 Å². The first kappa shape index (κ1) is 16.9. The largest absolute Gasteiger partial charge is 0.424 e. The van der Waals surface area contributed by atoms with Gasteiger partial charge in [0.05, 0.1) is 13.2 Å². The molecule has 1 unspecified atom stereocenters. The normalized spacial score (nSPS) is 28.4. The third-order valence-electron chi connectivity index (χ3n) is 3.09. The fourth-order valence-electron chi connectivity index (χ4n) is 2.34. The van der Waals surface area contributed by atoms with Gasteiger partial charge in [-0.1, -0.05) is 0 Å². The van der Waals surface area contributed by atoms with Gasteiger partial charge in [-0.05, 0) is 19.6 Å². The van der Waals surface area contributed by atoms with Crippen LogP contribution in [0.25, 0.3) is 0 Å². The monoisotopic (exact) mass is 302 g/mol. The number of methoxy groups -OCH3 is 2. The lowest BCUT2D eigenvalue weighted by molar-refractivity contribution is -0.405. The minimum atomic E-state index is -4.65. The zero-order chi connectivity index (χ0) is 14.9. The zero-order valence-corrected chi connectivity index (χ0v) is 12.9. The summed E-state index contributed by atoms with van der Waals surface area (Å²) < 4.78 is 61.6. The molecule has 0 N–H and O–H groups in total. The fraction of sp³-hybridized carbons (Fsp3) is 1.00. The Bertz CT molecular complexity index is 312. The molecule has 1 fully saturated rings. The Morgan fingerprint density at radius 1 is 1.11 bits per heavy atom. The Balaban J connectivity index is 3.34. The number of hydrogen-bond donors (Lipinski definition) is 0. The fourth-order valence-corrected chi connectivity index (χ4v) is 3.71. The van der Waals surface area contributed by atoms with Crippen LogP contribution in [0.2, 0.25) is 19.6 Å². The van der Waals surface area contributed by atoms with Crippen LogP contribution in [0.4, 0.5) is 13.2 Å². The molecule has 1 saturated heterocycles. The molecule has 0 aromatic carbocycles. The molecule has 0 spiro atoms. The van der Waals surface area contributed by atoms with Crippen molar-refractivity contribution in [2.75, 3.05) is 27.4 Å². The van der Waals surface area contributed by atoms with Crippen molar-refractivity contribution in [3.8, 4) is 0 Å². The van der Waals surface area contributed by atoms with Crippen molar-refractivity contribution in [3.63, 3.8) is 0 Å². The molecule has 0 aliphatic carbocycles. The van der Waals surface area contributed by atoms with E-state index in [4.69, 9.17) is 18.6 Å². The van der Waals surface area contributed by atoms with E-state index in [1.54, 1.807) is 19.6 Å². The summed E-state index contributed by atoms with van der Waals surface area (Å²) in [5.41, 5.74) is -2.59. The van der Waals surface area contributed by atoms with E-state index in [2.05, 4.69) is 0 Å². The Morgan fingerprint density at radius 3 is 2.00 bits per heavy atom. The van der Waals surface area contributed by atoms with Crippen molar-refractivity contribution in [1.82, 2.24) is 0 Å². The van der Waals surface area contributed by atoms with Crippen molar-refractivity contribution in [1.29, 1.82) is 0 Å². The van der Waals surface area contributed by atoms with Crippen LogP contribution < -0.4 is 0 Å². The van der Waals surface area contributed by atoms with Gasteiger partial charge in [-0.25, -0.2) is 0 Å². The lowest BCUT2D eigenvalue weighted by Gasteiger charge is -2.52. The van der Waals surface area contributed by atoms with Gasteiger partial charge in [0.25, 0.3) is 0 Å². The number of alkyl halides is 3. The van der Waals surface area contributed by atoms with E-state index in [0.717, 1.165) is 0 Å². The van der Waals surface area contributed by atoms with E-state index in [0.29, 0.717) is 0 Å². The van der Waals surface area contributed by atoms with Crippen LogP contribution in [0.5, 0.6) is 0 Å². The van der Waals surface area contributed by atoms with E-state index in [-0.39, 0.29) is 13.0 Å². The van der Waals surface area contributed by atoms with Crippen molar-refractivity contribution in [2.45, 2.75) is 43.6 Å². The summed E-state index contributed by atoms with van der Waals surface area (Å²) in [5.74, 6) is -1.87. The molecule has 4 nitrogen and oxygen atoms in total. The number of ether oxygens (including phenoxy) is 3. The quantitative estimate of drug-likeness (QED) is 0.591. The molecular weight excluding hydrogens is 281 g/mol. The molecule has 1 heterocycles. The van der Waals surface area contributed by atoms with Crippen LogP contribution in [0, 0.1) is 0 Å². The third-order valence-corrected chi connectivity index (χ3v) is 4.05. The summed E-state index contributed by atoms with van der Waals surface area (Å²) in [4.78, 5) is 0. The number of hydrogen-bond acceptors (Lipinski definition) is 4. The van der Waals surface area contributed by atoms with Crippen molar-refractivity contribution < 1.29 is 31.8 Å². The first-order valence-electron chi connectivity index (χ1n) is 5.98. The van der Waals surface area contributed by atoms with Gasteiger partial charge < -0.3 is 18.6 Å². The highest BCUT2D eigenvalue weighted by Crippen LogP contribution is 2.49. The van der Waals surface area contributed by atoms with Gasteiger partial charge in [0, 0.05) is 20.6 Å². The smallest absolute Gasteiger partial charge is 0.398 e. The Labute approximate surface area is 112 Å². The van der Waals surface area contributed by atoms with Crippen LogP contribution in [-0.2, 0) is 18.6 Å². The first-order valence-corrected chi connectivity index (χ1v) is 9.39. The van der Waals surface area contributed by atoms with Gasteiger partial charge in [-0.3, -0.25) is 0 Å². The molecule has 1 aliphatic heterocycles. The Hall–Kier alpha value is -0.153. The van der Waals surface area contributed by atoms with Crippen LogP contribution in [0.3, 0.4) is 0 Å². The summed E-state index contributed by atoms with van der Waals surface area (Å²) in [6, 6.07) is 0. The SMILES string of the molecule is COC1(OC)CCOCC1(O[Si](C)(C)C)C(F)(F)F. The maximum Gasteiger partial charge on any atom is 0.424 e. The van der Waals surface area contributed by atoms with Crippen molar-refractivity contribution in [2.24, 2.45) is 0 Å². The van der Waals surface area contributed by atoms with Crippen LogP contribution in [0.1, 0.15) is 6.42 Å². The van der Waals surface area contributed by atoms with Crippen molar-refractivity contribution >= 4 is 8.32 Å². The molecule has 0 bridgehead atoms. The van der Waals surface area contributed by atoms with Crippen LogP contribution in [-0.4, -0.2) is 53.3 Å². The average Bonchev–Trinajstić information content (AvgIpc) is 2.26. The average molecular weight is 302 g/mol. The minimum Gasteiger partial charge on any atom is -0.398 e. The molecule has 1 atom stereocenters. The summed E-state index contributed by atoms with van der Waals surface area (Å²) in [5, 5.41) is 0. The van der Waals surface area contributed by atoms with Gasteiger partial charge in [0.15, 0.2) is 8.32 Å². The standard InChI is InChI=1S/C11H21F3O4Si/c1-15-10(16-2)6-7-17-8-9(10,11(12,13)14)18-19(3,4)5/h6-8H2,1-5H3. The second kappa shape index (κ2) is 5.32. The van der Waals surface area contributed by atoms with Gasteiger partial charge in [0.2, 0.25) is 11.4 Å². The number of rotatable bonds is 4. The lowest BCUT2D eigenvalue weighted by atomic mass is 9.88. The van der Waals surface area contributed by atoms with Gasteiger partial charge in [-0.2, -0.15) is 13.2 Å². The highest BCUT2D eigenvalue weighted by molar-refractivity contribution is 6.69. The third kappa shape index (κ3) is 2.97. The van der Waals surface area contributed by atoms with Gasteiger partial charge in [0.1, 0.15) is 0 Å². The second-order valence-corrected chi connectivity index (χ2v) is 9.93. The minimum absolute atomic E-state index is 0.0377. The molecule has 8 heteroatoms. The highest BCUT2D eigenvalue weighted by atomic mass is 28.4. The second-order valence-electron chi connectivity index (χ2n) is 5.50. The van der Waals surface area contributed by atoms with E-state index in [1.807, 2.05) is 0 Å². The molecule has 1 rings (SSSR count). The molecule has 19 heavy (non-hydrogen) atoms. The van der Waals surface area contributed by atoms with Crippen LogP contribution in [0.15, 0.2) is 0 Å². The van der Waals surface area contributed by atoms with E-state index in [9.17, 15) is 13.2 Å². The summed E-state index contributed by atoms with van der Waals surface area (Å²) in [7, 11) is -0.113. The lowest BCUT2D eigenvalue weighted by Crippen LogP contribution is -2.73. The molecule has 0 aromatic heterocycles. The van der Waals surface area contributed by atoms with E-state index < -0.39 is 32.5 Å². The Kier molecular flexibility index (Phi) is 4.73. The maximum atomic E-state index is 13.7. The van der Waals surface area contributed by atoms with Crippen LogP contribution >= 0.6 is 0 Å². The molecular formula is C11H21F3O4Si. The molecule has 114 valence electrons. The predicted molar refractivity (Wildman–Crippen MR) is 65.4 cm³/mol. The van der Waals surface area contributed by atoms with Gasteiger partial charge in [-0.15, -0.1) is 0 Å². The molecule has 0 radical (unpaired) electrons. The predicted octanol–water partition coefficient (Wildman–Crippen LogP) is 2.55. The maximum absolute atomic E-state index is 13.7.